The van der Waals surface area contributed by atoms with E-state index in [9.17, 15) is 4.79 Å². The van der Waals surface area contributed by atoms with E-state index >= 15 is 0 Å². The highest BCUT2D eigenvalue weighted by Gasteiger charge is 2.17. The average Bonchev–Trinajstić information content (AvgIpc) is 2.69. The Morgan fingerprint density at radius 1 is 0.760 bits per heavy atom. The molecule has 4 aromatic rings. The fourth-order valence-corrected chi connectivity index (χ4v) is 3.86. The first-order valence-electron chi connectivity index (χ1n) is 8.02. The number of benzene rings is 3. The Morgan fingerprint density at radius 2 is 1.48 bits per heavy atom. The van der Waals surface area contributed by atoms with Crippen molar-refractivity contribution in [1.29, 1.82) is 0 Å². The number of carbonyl (C=O) groups excluding carboxylic acids is 1. The molecule has 0 N–H and O–H groups in total. The van der Waals surface area contributed by atoms with Crippen molar-refractivity contribution in [2.45, 2.75) is 9.79 Å². The van der Waals surface area contributed by atoms with E-state index in [-0.39, 0.29) is 5.78 Å². The molecule has 0 aliphatic carbocycles. The van der Waals surface area contributed by atoms with Gasteiger partial charge in [-0.05, 0) is 29.0 Å². The minimum absolute atomic E-state index is 0.0444. The van der Waals surface area contributed by atoms with Gasteiger partial charge in [-0.15, -0.1) is 0 Å². The van der Waals surface area contributed by atoms with Crippen molar-refractivity contribution >= 4 is 28.3 Å². The molecule has 0 fully saturated rings. The lowest BCUT2D eigenvalue weighted by Gasteiger charge is -2.12. The van der Waals surface area contributed by atoms with Gasteiger partial charge in [-0.1, -0.05) is 72.4 Å². The van der Waals surface area contributed by atoms with E-state index < -0.39 is 0 Å². The van der Waals surface area contributed by atoms with Crippen LogP contribution in [0.25, 0.3) is 10.8 Å². The van der Waals surface area contributed by atoms with Crippen molar-refractivity contribution in [2.75, 3.05) is 0 Å². The molecule has 0 aliphatic rings. The Balaban J connectivity index is 1.89. The Labute approximate surface area is 150 Å². The molecular weight excluding hydrogens is 326 g/mol. The zero-order valence-corrected chi connectivity index (χ0v) is 14.2. The van der Waals surface area contributed by atoms with E-state index in [0.29, 0.717) is 5.56 Å². The second kappa shape index (κ2) is 6.91. The lowest BCUT2D eigenvalue weighted by molar-refractivity contribution is 0.103. The maximum absolute atomic E-state index is 13.1. The molecule has 1 heterocycles. The first kappa shape index (κ1) is 15.6. The van der Waals surface area contributed by atoms with Crippen LogP contribution in [-0.2, 0) is 0 Å². The van der Waals surface area contributed by atoms with Gasteiger partial charge in [0.05, 0.1) is 0 Å². The molecule has 0 amide bonds. The third kappa shape index (κ3) is 3.19. The number of hydrogen-bond acceptors (Lipinski definition) is 3. The lowest BCUT2D eigenvalue weighted by atomic mass is 10.00. The van der Waals surface area contributed by atoms with Crippen LogP contribution in [0.3, 0.4) is 0 Å². The van der Waals surface area contributed by atoms with Crippen molar-refractivity contribution < 1.29 is 4.79 Å². The average molecular weight is 341 g/mol. The molecule has 4 rings (SSSR count). The zero-order chi connectivity index (χ0) is 17.1. The summed E-state index contributed by atoms with van der Waals surface area (Å²) in [7, 11) is 0. The van der Waals surface area contributed by atoms with Gasteiger partial charge in [-0.2, -0.15) is 0 Å². The second-order valence-corrected chi connectivity index (χ2v) is 6.73. The molecule has 120 valence electrons. The normalized spacial score (nSPS) is 10.7. The van der Waals surface area contributed by atoms with Crippen LogP contribution in [0.1, 0.15) is 15.9 Å². The van der Waals surface area contributed by atoms with Gasteiger partial charge in [0.25, 0.3) is 0 Å². The highest BCUT2D eigenvalue weighted by molar-refractivity contribution is 7.99. The first-order chi connectivity index (χ1) is 12.3. The van der Waals surface area contributed by atoms with Crippen LogP contribution >= 0.6 is 11.8 Å². The fraction of sp³-hybridized carbons (Fsp3) is 0. The molecule has 3 aromatic carbocycles. The van der Waals surface area contributed by atoms with Crippen LogP contribution in [-0.4, -0.2) is 10.8 Å². The highest BCUT2D eigenvalue weighted by Crippen LogP contribution is 2.37. The summed E-state index contributed by atoms with van der Waals surface area (Å²) in [5.74, 6) is 0.0444. The first-order valence-corrected chi connectivity index (χ1v) is 8.84. The standard InChI is InChI=1S/C22H15NOS/c24-21(17-7-2-1-3-8-17)20-11-10-16-6-4-5-9-19(16)22(20)25-18-12-14-23-15-13-18/h1-15H. The zero-order valence-electron chi connectivity index (χ0n) is 13.4. The SMILES string of the molecule is O=C(c1ccccc1)c1ccc2ccccc2c1Sc1ccncc1. The van der Waals surface area contributed by atoms with Gasteiger partial charge < -0.3 is 0 Å². The molecular formula is C22H15NOS. The highest BCUT2D eigenvalue weighted by atomic mass is 32.2. The summed E-state index contributed by atoms with van der Waals surface area (Å²) < 4.78 is 0. The summed E-state index contributed by atoms with van der Waals surface area (Å²) in [6.07, 6.45) is 3.54. The topological polar surface area (TPSA) is 30.0 Å². The molecule has 0 unspecified atom stereocenters. The van der Waals surface area contributed by atoms with Crippen molar-refractivity contribution in [1.82, 2.24) is 4.98 Å². The van der Waals surface area contributed by atoms with Crippen LogP contribution in [0.2, 0.25) is 0 Å². The van der Waals surface area contributed by atoms with Gasteiger partial charge >= 0.3 is 0 Å². The van der Waals surface area contributed by atoms with Gasteiger partial charge in [-0.3, -0.25) is 9.78 Å². The van der Waals surface area contributed by atoms with Crippen molar-refractivity contribution in [3.63, 3.8) is 0 Å². The van der Waals surface area contributed by atoms with Crippen molar-refractivity contribution in [3.05, 3.63) is 102 Å². The van der Waals surface area contributed by atoms with Gasteiger partial charge in [0.15, 0.2) is 5.78 Å². The molecule has 0 spiro atoms. The number of pyridine rings is 1. The summed E-state index contributed by atoms with van der Waals surface area (Å²) in [6.45, 7) is 0. The Kier molecular flexibility index (Phi) is 4.32. The summed E-state index contributed by atoms with van der Waals surface area (Å²) in [4.78, 5) is 19.2. The number of carbonyl (C=O) groups is 1. The molecule has 0 saturated carbocycles. The van der Waals surface area contributed by atoms with Crippen LogP contribution in [0.15, 0.2) is 101 Å². The third-order valence-corrected chi connectivity index (χ3v) is 5.18. The van der Waals surface area contributed by atoms with E-state index in [2.05, 4.69) is 17.1 Å². The molecule has 0 atom stereocenters. The Morgan fingerprint density at radius 3 is 2.28 bits per heavy atom. The largest absolute Gasteiger partial charge is 0.289 e. The van der Waals surface area contributed by atoms with Gasteiger partial charge in [0.2, 0.25) is 0 Å². The number of ketones is 1. The minimum atomic E-state index is 0.0444. The molecule has 1 aromatic heterocycles. The van der Waals surface area contributed by atoms with Gasteiger partial charge in [0, 0.05) is 33.3 Å². The predicted molar refractivity (Wildman–Crippen MR) is 102 cm³/mol. The molecule has 3 heteroatoms. The van der Waals surface area contributed by atoms with Crippen molar-refractivity contribution in [3.8, 4) is 0 Å². The molecule has 0 radical (unpaired) electrons. The summed E-state index contributed by atoms with van der Waals surface area (Å²) in [6, 6.07) is 25.5. The van der Waals surface area contributed by atoms with Crippen LogP contribution in [0.4, 0.5) is 0 Å². The van der Waals surface area contributed by atoms with E-state index in [1.54, 1.807) is 24.2 Å². The molecule has 25 heavy (non-hydrogen) atoms. The smallest absolute Gasteiger partial charge is 0.194 e. The minimum Gasteiger partial charge on any atom is -0.289 e. The molecule has 2 nitrogen and oxygen atoms in total. The lowest BCUT2D eigenvalue weighted by Crippen LogP contribution is -2.03. The van der Waals surface area contributed by atoms with E-state index in [0.717, 1.165) is 26.1 Å². The summed E-state index contributed by atoms with van der Waals surface area (Å²) in [5, 5.41) is 2.22. The number of nitrogens with zero attached hydrogens (tertiary/aromatic N) is 1. The Hall–Kier alpha value is -2.91. The quantitative estimate of drug-likeness (QED) is 0.451. The van der Waals surface area contributed by atoms with Gasteiger partial charge in [0.1, 0.15) is 0 Å². The maximum Gasteiger partial charge on any atom is 0.194 e. The summed E-state index contributed by atoms with van der Waals surface area (Å²) in [5.41, 5.74) is 1.43. The molecule has 0 aliphatic heterocycles. The monoisotopic (exact) mass is 341 g/mol. The second-order valence-electron chi connectivity index (χ2n) is 5.64. The van der Waals surface area contributed by atoms with E-state index in [1.807, 2.05) is 66.7 Å². The molecule has 0 bridgehead atoms. The summed E-state index contributed by atoms with van der Waals surface area (Å²) >= 11 is 1.61. The van der Waals surface area contributed by atoms with Gasteiger partial charge in [-0.25, -0.2) is 0 Å². The number of aromatic nitrogens is 1. The maximum atomic E-state index is 13.1. The van der Waals surface area contributed by atoms with E-state index in [4.69, 9.17) is 0 Å². The van der Waals surface area contributed by atoms with Crippen molar-refractivity contribution in [2.24, 2.45) is 0 Å². The van der Waals surface area contributed by atoms with Crippen LogP contribution < -0.4 is 0 Å². The van der Waals surface area contributed by atoms with Crippen LogP contribution in [0, 0.1) is 0 Å². The number of hydrogen-bond donors (Lipinski definition) is 0. The Bertz CT molecular complexity index is 1030. The van der Waals surface area contributed by atoms with E-state index in [1.165, 1.54) is 0 Å². The van der Waals surface area contributed by atoms with Crippen LogP contribution in [0.5, 0.6) is 0 Å². The number of fused-ring (bicyclic) bond motifs is 1. The fourth-order valence-electron chi connectivity index (χ4n) is 2.80. The third-order valence-electron chi connectivity index (χ3n) is 4.03. The molecule has 0 saturated heterocycles. The number of rotatable bonds is 4. The predicted octanol–water partition coefficient (Wildman–Crippen LogP) is 5.62.